The van der Waals surface area contributed by atoms with E-state index in [9.17, 15) is 9.18 Å². The van der Waals surface area contributed by atoms with E-state index in [-0.39, 0.29) is 12.0 Å². The van der Waals surface area contributed by atoms with E-state index in [2.05, 4.69) is 0 Å². The predicted molar refractivity (Wildman–Crippen MR) is 113 cm³/mol. The lowest BCUT2D eigenvalue weighted by molar-refractivity contribution is 0.0732. The molecular formula is C25H24FNO3. The van der Waals surface area contributed by atoms with E-state index in [0.29, 0.717) is 31.9 Å². The van der Waals surface area contributed by atoms with Crippen molar-refractivity contribution in [2.45, 2.75) is 19.6 Å². The van der Waals surface area contributed by atoms with Gasteiger partial charge < -0.3 is 14.4 Å². The standard InChI is InChI=1S/C25H24FNO3/c1-2-29-24(18-7-4-3-5-8-18)19-11-12-23-21(15-19)17-27(13-14-30-23)25(28)20-9-6-10-22(26)16-20/h3-12,15-16,24H,2,13-14,17H2,1H3/t24-/m1/s1. The summed E-state index contributed by atoms with van der Waals surface area (Å²) in [5.41, 5.74) is 3.33. The number of carbonyl (C=O) groups is 1. The largest absolute Gasteiger partial charge is 0.491 e. The highest BCUT2D eigenvalue weighted by molar-refractivity contribution is 5.94. The molecule has 0 N–H and O–H groups in total. The van der Waals surface area contributed by atoms with Crippen LogP contribution in [0.25, 0.3) is 0 Å². The van der Waals surface area contributed by atoms with Gasteiger partial charge in [0.2, 0.25) is 0 Å². The van der Waals surface area contributed by atoms with E-state index < -0.39 is 5.82 Å². The number of carbonyl (C=O) groups excluding carboxylic acids is 1. The Bertz CT molecular complexity index is 1020. The Morgan fingerprint density at radius 3 is 2.67 bits per heavy atom. The molecule has 4 nitrogen and oxygen atoms in total. The van der Waals surface area contributed by atoms with Crippen LogP contribution in [0.1, 0.15) is 40.1 Å². The number of fused-ring (bicyclic) bond motifs is 1. The van der Waals surface area contributed by atoms with Crippen LogP contribution in [0.15, 0.2) is 72.8 Å². The molecule has 3 aromatic rings. The number of nitrogens with zero attached hydrogens (tertiary/aromatic N) is 1. The maximum Gasteiger partial charge on any atom is 0.254 e. The van der Waals surface area contributed by atoms with Gasteiger partial charge in [-0.25, -0.2) is 4.39 Å². The van der Waals surface area contributed by atoms with E-state index in [1.165, 1.54) is 12.1 Å². The minimum Gasteiger partial charge on any atom is -0.491 e. The first-order valence-corrected chi connectivity index (χ1v) is 10.1. The number of rotatable bonds is 5. The van der Waals surface area contributed by atoms with Gasteiger partial charge >= 0.3 is 0 Å². The Balaban J connectivity index is 1.63. The van der Waals surface area contributed by atoms with Crippen LogP contribution >= 0.6 is 0 Å². The molecule has 4 rings (SSSR count). The molecule has 5 heteroatoms. The van der Waals surface area contributed by atoms with E-state index >= 15 is 0 Å². The number of benzene rings is 3. The maximum absolute atomic E-state index is 13.6. The summed E-state index contributed by atoms with van der Waals surface area (Å²) in [6.07, 6.45) is -0.197. The number of ether oxygens (including phenoxy) is 2. The van der Waals surface area contributed by atoms with Crippen molar-refractivity contribution < 1.29 is 18.7 Å². The molecule has 0 aromatic heterocycles. The van der Waals surface area contributed by atoms with Crippen LogP contribution in [0.3, 0.4) is 0 Å². The third kappa shape index (κ3) is 4.36. The van der Waals surface area contributed by atoms with Crippen molar-refractivity contribution in [1.82, 2.24) is 4.90 Å². The number of hydrogen-bond donors (Lipinski definition) is 0. The summed E-state index contributed by atoms with van der Waals surface area (Å²) in [6, 6.07) is 21.8. The second-order valence-electron chi connectivity index (χ2n) is 7.20. The highest BCUT2D eigenvalue weighted by Gasteiger charge is 2.23. The second kappa shape index (κ2) is 9.09. The molecule has 3 aromatic carbocycles. The Kier molecular flexibility index (Phi) is 6.10. The molecule has 1 aliphatic rings. The van der Waals surface area contributed by atoms with Gasteiger partial charge in [0, 0.05) is 24.3 Å². The smallest absolute Gasteiger partial charge is 0.254 e. The van der Waals surface area contributed by atoms with E-state index in [1.54, 1.807) is 17.0 Å². The molecule has 1 aliphatic heterocycles. The Morgan fingerprint density at radius 1 is 1.07 bits per heavy atom. The average Bonchev–Trinajstić information content (AvgIpc) is 2.99. The first kappa shape index (κ1) is 20.1. The summed E-state index contributed by atoms with van der Waals surface area (Å²) in [5.74, 6) is 0.134. The quantitative estimate of drug-likeness (QED) is 0.601. The van der Waals surface area contributed by atoms with Gasteiger partial charge in [-0.15, -0.1) is 0 Å². The van der Waals surface area contributed by atoms with Gasteiger partial charge in [-0.05, 0) is 48.4 Å². The van der Waals surface area contributed by atoms with E-state index in [1.807, 2.05) is 55.5 Å². The molecule has 0 unspecified atom stereocenters. The van der Waals surface area contributed by atoms with Crippen molar-refractivity contribution in [3.63, 3.8) is 0 Å². The topological polar surface area (TPSA) is 38.8 Å². The zero-order chi connectivity index (χ0) is 20.9. The molecule has 30 heavy (non-hydrogen) atoms. The first-order valence-electron chi connectivity index (χ1n) is 10.1. The molecule has 0 bridgehead atoms. The van der Waals surface area contributed by atoms with Crippen LogP contribution in [0.2, 0.25) is 0 Å². The van der Waals surface area contributed by atoms with Gasteiger partial charge in [-0.3, -0.25) is 4.79 Å². The molecule has 154 valence electrons. The molecule has 1 atom stereocenters. The van der Waals surface area contributed by atoms with Crippen molar-refractivity contribution in [3.8, 4) is 5.75 Å². The van der Waals surface area contributed by atoms with E-state index in [0.717, 1.165) is 22.4 Å². The van der Waals surface area contributed by atoms with Crippen molar-refractivity contribution in [2.75, 3.05) is 19.8 Å². The van der Waals surface area contributed by atoms with Crippen LogP contribution in [0.4, 0.5) is 4.39 Å². The Labute approximate surface area is 175 Å². The number of hydrogen-bond acceptors (Lipinski definition) is 3. The van der Waals surface area contributed by atoms with Crippen molar-refractivity contribution in [2.24, 2.45) is 0 Å². The van der Waals surface area contributed by atoms with E-state index in [4.69, 9.17) is 9.47 Å². The lowest BCUT2D eigenvalue weighted by Crippen LogP contribution is -2.32. The molecule has 1 heterocycles. The van der Waals surface area contributed by atoms with Gasteiger partial charge in [-0.2, -0.15) is 0 Å². The Hall–Kier alpha value is -3.18. The monoisotopic (exact) mass is 405 g/mol. The van der Waals surface area contributed by atoms with Crippen molar-refractivity contribution in [1.29, 1.82) is 0 Å². The number of amides is 1. The molecular weight excluding hydrogens is 381 g/mol. The fraction of sp³-hybridized carbons (Fsp3) is 0.240. The minimum atomic E-state index is -0.419. The summed E-state index contributed by atoms with van der Waals surface area (Å²) < 4.78 is 25.5. The third-order valence-corrected chi connectivity index (χ3v) is 5.16. The minimum absolute atomic E-state index is 0.197. The molecule has 0 saturated carbocycles. The molecule has 0 spiro atoms. The highest BCUT2D eigenvalue weighted by atomic mass is 19.1. The summed E-state index contributed by atoms with van der Waals surface area (Å²) in [7, 11) is 0. The molecule has 0 aliphatic carbocycles. The van der Waals surface area contributed by atoms with Gasteiger partial charge in [0.15, 0.2) is 0 Å². The van der Waals surface area contributed by atoms with Crippen LogP contribution in [-0.2, 0) is 11.3 Å². The molecule has 0 saturated heterocycles. The summed E-state index contributed by atoms with van der Waals surface area (Å²) in [6.45, 7) is 3.78. The average molecular weight is 405 g/mol. The number of halogens is 1. The molecule has 0 fully saturated rings. The SMILES string of the molecule is CCO[C@H](c1ccccc1)c1ccc2c(c1)CN(C(=O)c1cccc(F)c1)CCO2. The third-order valence-electron chi connectivity index (χ3n) is 5.16. The van der Waals surface area contributed by atoms with Gasteiger partial charge in [0.05, 0.1) is 6.54 Å². The lowest BCUT2D eigenvalue weighted by Gasteiger charge is -2.22. The maximum atomic E-state index is 13.6. The fourth-order valence-electron chi connectivity index (χ4n) is 3.73. The fourth-order valence-corrected chi connectivity index (χ4v) is 3.73. The predicted octanol–water partition coefficient (Wildman–Crippen LogP) is 4.99. The van der Waals surface area contributed by atoms with Gasteiger partial charge in [-0.1, -0.05) is 42.5 Å². The van der Waals surface area contributed by atoms with Gasteiger partial charge in [0.1, 0.15) is 24.3 Å². The van der Waals surface area contributed by atoms with Crippen LogP contribution < -0.4 is 4.74 Å². The molecule has 0 radical (unpaired) electrons. The van der Waals surface area contributed by atoms with Crippen molar-refractivity contribution >= 4 is 5.91 Å². The molecule has 1 amide bonds. The summed E-state index contributed by atoms with van der Waals surface area (Å²) in [4.78, 5) is 14.6. The summed E-state index contributed by atoms with van der Waals surface area (Å²) in [5, 5.41) is 0. The zero-order valence-electron chi connectivity index (χ0n) is 16.9. The second-order valence-corrected chi connectivity index (χ2v) is 7.20. The zero-order valence-corrected chi connectivity index (χ0v) is 16.9. The van der Waals surface area contributed by atoms with Crippen LogP contribution in [0, 0.1) is 5.82 Å². The lowest BCUT2D eigenvalue weighted by atomic mass is 9.98. The Morgan fingerprint density at radius 2 is 1.90 bits per heavy atom. The van der Waals surface area contributed by atoms with Gasteiger partial charge in [0.25, 0.3) is 5.91 Å². The first-order chi connectivity index (χ1) is 14.7. The van der Waals surface area contributed by atoms with Crippen molar-refractivity contribution in [3.05, 3.63) is 101 Å². The van der Waals surface area contributed by atoms with Crippen LogP contribution in [-0.4, -0.2) is 30.6 Å². The summed E-state index contributed by atoms with van der Waals surface area (Å²) >= 11 is 0. The highest BCUT2D eigenvalue weighted by Crippen LogP contribution is 2.32. The normalized spacial score (nSPS) is 14.4. The van der Waals surface area contributed by atoms with Crippen LogP contribution in [0.5, 0.6) is 5.75 Å².